The molecule has 2 aromatic rings. The van der Waals surface area contributed by atoms with Gasteiger partial charge in [0.05, 0.1) is 6.33 Å². The Morgan fingerprint density at radius 3 is 2.62 bits per heavy atom. The van der Waals surface area contributed by atoms with Crippen LogP contribution in [0, 0.1) is 0 Å². The van der Waals surface area contributed by atoms with Crippen LogP contribution in [0.15, 0.2) is 36.8 Å². The van der Waals surface area contributed by atoms with E-state index in [2.05, 4.69) is 33.8 Å². The van der Waals surface area contributed by atoms with E-state index < -0.39 is 0 Å². The van der Waals surface area contributed by atoms with Crippen molar-refractivity contribution in [3.05, 3.63) is 48.0 Å². The molecule has 0 aliphatic heterocycles. The molecule has 0 bridgehead atoms. The van der Waals surface area contributed by atoms with Crippen molar-refractivity contribution in [2.45, 2.75) is 25.3 Å². The molecule has 1 saturated carbocycles. The Hall–Kier alpha value is -1.61. The molecule has 3 rings (SSSR count). The SMILES string of the molecule is NCc1ccc(-n2cncc2C2CC2)cc1. The Bertz CT molecular complexity index is 480. The van der Waals surface area contributed by atoms with Gasteiger partial charge in [0, 0.05) is 30.0 Å². The Morgan fingerprint density at radius 1 is 1.25 bits per heavy atom. The van der Waals surface area contributed by atoms with E-state index >= 15 is 0 Å². The zero-order valence-electron chi connectivity index (χ0n) is 9.13. The van der Waals surface area contributed by atoms with Gasteiger partial charge in [0.15, 0.2) is 0 Å². The summed E-state index contributed by atoms with van der Waals surface area (Å²) in [7, 11) is 0. The number of imidazole rings is 1. The second-order valence-corrected chi connectivity index (χ2v) is 4.33. The number of aromatic nitrogens is 2. The molecule has 1 heterocycles. The monoisotopic (exact) mass is 213 g/mol. The summed E-state index contributed by atoms with van der Waals surface area (Å²) in [6.45, 7) is 0.597. The summed E-state index contributed by atoms with van der Waals surface area (Å²) in [5, 5.41) is 0. The minimum atomic E-state index is 0.597. The fourth-order valence-corrected chi connectivity index (χ4v) is 1.99. The van der Waals surface area contributed by atoms with Gasteiger partial charge >= 0.3 is 0 Å². The summed E-state index contributed by atoms with van der Waals surface area (Å²) >= 11 is 0. The van der Waals surface area contributed by atoms with E-state index in [9.17, 15) is 0 Å². The van der Waals surface area contributed by atoms with Gasteiger partial charge < -0.3 is 10.3 Å². The van der Waals surface area contributed by atoms with E-state index in [-0.39, 0.29) is 0 Å². The Kier molecular flexibility index (Phi) is 2.26. The maximum Gasteiger partial charge on any atom is 0.0994 e. The summed E-state index contributed by atoms with van der Waals surface area (Å²) in [5.74, 6) is 0.719. The molecule has 3 heteroatoms. The Morgan fingerprint density at radius 2 is 2.00 bits per heavy atom. The van der Waals surface area contributed by atoms with Gasteiger partial charge in [-0.3, -0.25) is 0 Å². The maximum absolute atomic E-state index is 5.59. The predicted octanol–water partition coefficient (Wildman–Crippen LogP) is 2.21. The average molecular weight is 213 g/mol. The molecule has 3 nitrogen and oxygen atoms in total. The van der Waals surface area contributed by atoms with Crippen molar-refractivity contribution < 1.29 is 0 Å². The molecule has 1 aliphatic carbocycles. The van der Waals surface area contributed by atoms with E-state index in [1.807, 2.05) is 12.5 Å². The zero-order chi connectivity index (χ0) is 11.0. The number of nitrogens with zero attached hydrogens (tertiary/aromatic N) is 2. The smallest absolute Gasteiger partial charge is 0.0994 e. The minimum Gasteiger partial charge on any atom is -0.326 e. The third-order valence-corrected chi connectivity index (χ3v) is 3.11. The second kappa shape index (κ2) is 3.76. The third-order valence-electron chi connectivity index (χ3n) is 3.11. The minimum absolute atomic E-state index is 0.597. The lowest BCUT2D eigenvalue weighted by Gasteiger charge is -2.07. The van der Waals surface area contributed by atoms with E-state index in [1.165, 1.54) is 24.2 Å². The lowest BCUT2D eigenvalue weighted by molar-refractivity contribution is 0.922. The number of benzene rings is 1. The topological polar surface area (TPSA) is 43.8 Å². The van der Waals surface area contributed by atoms with Gasteiger partial charge in [-0.25, -0.2) is 4.98 Å². The quantitative estimate of drug-likeness (QED) is 0.849. The van der Waals surface area contributed by atoms with Crippen molar-refractivity contribution in [1.29, 1.82) is 0 Å². The normalized spacial score (nSPS) is 15.3. The summed E-state index contributed by atoms with van der Waals surface area (Å²) < 4.78 is 2.18. The third kappa shape index (κ3) is 1.63. The van der Waals surface area contributed by atoms with Crippen molar-refractivity contribution in [1.82, 2.24) is 9.55 Å². The van der Waals surface area contributed by atoms with E-state index in [0.29, 0.717) is 6.54 Å². The van der Waals surface area contributed by atoms with Gasteiger partial charge in [0.1, 0.15) is 0 Å². The average Bonchev–Trinajstić information content (AvgIpc) is 3.07. The van der Waals surface area contributed by atoms with E-state index in [4.69, 9.17) is 5.73 Å². The van der Waals surface area contributed by atoms with Crippen molar-refractivity contribution in [3.63, 3.8) is 0 Å². The number of nitrogens with two attached hydrogens (primary N) is 1. The van der Waals surface area contributed by atoms with Gasteiger partial charge in [-0.15, -0.1) is 0 Å². The zero-order valence-corrected chi connectivity index (χ0v) is 9.13. The first-order chi connectivity index (χ1) is 7.88. The van der Waals surface area contributed by atoms with Crippen LogP contribution in [0.2, 0.25) is 0 Å². The lowest BCUT2D eigenvalue weighted by Crippen LogP contribution is -1.99. The molecule has 0 amide bonds. The highest BCUT2D eigenvalue weighted by molar-refractivity contribution is 5.37. The van der Waals surface area contributed by atoms with E-state index in [0.717, 1.165) is 11.5 Å². The largest absolute Gasteiger partial charge is 0.326 e. The molecule has 82 valence electrons. The Labute approximate surface area is 94.9 Å². The molecular weight excluding hydrogens is 198 g/mol. The van der Waals surface area contributed by atoms with Gasteiger partial charge in [-0.2, -0.15) is 0 Å². The highest BCUT2D eigenvalue weighted by Crippen LogP contribution is 2.40. The molecule has 0 atom stereocenters. The molecule has 0 unspecified atom stereocenters. The van der Waals surface area contributed by atoms with Gasteiger partial charge in [0.25, 0.3) is 0 Å². The van der Waals surface area contributed by atoms with Crippen molar-refractivity contribution in [2.75, 3.05) is 0 Å². The lowest BCUT2D eigenvalue weighted by atomic mass is 10.2. The van der Waals surface area contributed by atoms with Crippen LogP contribution < -0.4 is 5.73 Å². The number of hydrogen-bond donors (Lipinski definition) is 1. The van der Waals surface area contributed by atoms with Crippen LogP contribution >= 0.6 is 0 Å². The standard InChI is InChI=1S/C13H15N3/c14-7-10-1-5-12(6-2-10)16-9-15-8-13(16)11-3-4-11/h1-2,5-6,8-9,11H,3-4,7,14H2. The second-order valence-electron chi connectivity index (χ2n) is 4.33. The molecule has 16 heavy (non-hydrogen) atoms. The number of rotatable bonds is 3. The molecule has 1 aromatic heterocycles. The Balaban J connectivity index is 1.97. The van der Waals surface area contributed by atoms with Crippen LogP contribution in [0.5, 0.6) is 0 Å². The highest BCUT2D eigenvalue weighted by Gasteiger charge is 2.27. The summed E-state index contributed by atoms with van der Waals surface area (Å²) in [6.07, 6.45) is 6.47. The van der Waals surface area contributed by atoms with Crippen molar-refractivity contribution in [2.24, 2.45) is 5.73 Å². The molecule has 2 N–H and O–H groups in total. The fraction of sp³-hybridized carbons (Fsp3) is 0.308. The summed E-state index contributed by atoms with van der Waals surface area (Å²) in [4.78, 5) is 4.24. The fourth-order valence-electron chi connectivity index (χ4n) is 1.99. The van der Waals surface area contributed by atoms with Crippen molar-refractivity contribution >= 4 is 0 Å². The highest BCUT2D eigenvalue weighted by atomic mass is 15.1. The molecule has 1 aromatic carbocycles. The molecule has 1 aliphatic rings. The first kappa shape index (κ1) is 9.60. The predicted molar refractivity (Wildman–Crippen MR) is 63.4 cm³/mol. The van der Waals surface area contributed by atoms with Gasteiger partial charge in [-0.05, 0) is 30.5 Å². The molecule has 0 spiro atoms. The molecule has 0 radical (unpaired) electrons. The molecular formula is C13H15N3. The van der Waals surface area contributed by atoms with Crippen LogP contribution in [0.3, 0.4) is 0 Å². The van der Waals surface area contributed by atoms with Gasteiger partial charge in [-0.1, -0.05) is 12.1 Å². The summed E-state index contributed by atoms with van der Waals surface area (Å²) in [6, 6.07) is 8.36. The first-order valence-electron chi connectivity index (χ1n) is 5.70. The van der Waals surface area contributed by atoms with E-state index in [1.54, 1.807) is 0 Å². The summed E-state index contributed by atoms with van der Waals surface area (Å²) in [5.41, 5.74) is 9.26. The maximum atomic E-state index is 5.59. The van der Waals surface area contributed by atoms with Crippen LogP contribution in [-0.4, -0.2) is 9.55 Å². The molecule has 0 saturated heterocycles. The van der Waals surface area contributed by atoms with Crippen LogP contribution in [0.4, 0.5) is 0 Å². The van der Waals surface area contributed by atoms with Crippen molar-refractivity contribution in [3.8, 4) is 5.69 Å². The van der Waals surface area contributed by atoms with Crippen LogP contribution in [0.25, 0.3) is 5.69 Å². The van der Waals surface area contributed by atoms with Crippen LogP contribution in [-0.2, 0) is 6.54 Å². The number of hydrogen-bond acceptors (Lipinski definition) is 2. The molecule has 1 fully saturated rings. The van der Waals surface area contributed by atoms with Crippen LogP contribution in [0.1, 0.15) is 30.0 Å². The first-order valence-corrected chi connectivity index (χ1v) is 5.70. The van der Waals surface area contributed by atoms with Gasteiger partial charge in [0.2, 0.25) is 0 Å².